The van der Waals surface area contributed by atoms with Crippen LogP contribution in [0.2, 0.25) is 0 Å². The Morgan fingerprint density at radius 2 is 1.70 bits per heavy atom. The van der Waals surface area contributed by atoms with E-state index in [-0.39, 0.29) is 12.5 Å². The number of nitrogens with zero attached hydrogens (tertiary/aromatic N) is 2. The van der Waals surface area contributed by atoms with Crippen LogP contribution in [-0.2, 0) is 4.79 Å². The summed E-state index contributed by atoms with van der Waals surface area (Å²) in [6.07, 6.45) is 5.27. The Hall–Kier alpha value is -0.610. The number of carbonyl (C=O) groups is 1. The number of likely N-dealkylation sites (N-methyl/N-ethyl adjacent to an activating group) is 2. The van der Waals surface area contributed by atoms with Crippen LogP contribution < -0.4 is 0 Å². The van der Waals surface area contributed by atoms with Crippen molar-refractivity contribution in [3.05, 3.63) is 0 Å². The zero-order valence-corrected chi connectivity index (χ0v) is 14.0. The number of hydrogen-bond donors (Lipinski definition) is 1. The predicted octanol–water partition coefficient (Wildman–Crippen LogP) is 2.26. The van der Waals surface area contributed by atoms with Gasteiger partial charge in [-0.05, 0) is 20.3 Å². The smallest absolute Gasteiger partial charge is 0.222 e. The number of aliphatic hydroxyl groups excluding tert-OH is 1. The summed E-state index contributed by atoms with van der Waals surface area (Å²) in [5.41, 5.74) is 0. The Morgan fingerprint density at radius 1 is 1.05 bits per heavy atom. The molecule has 1 N–H and O–H groups in total. The lowest BCUT2D eigenvalue weighted by Crippen LogP contribution is -2.53. The molecule has 1 amide bonds. The number of rotatable bonds is 12. The molecule has 0 heterocycles. The average Bonchev–Trinajstić information content (AvgIpc) is 2.47. The van der Waals surface area contributed by atoms with Gasteiger partial charge in [0.2, 0.25) is 5.91 Å². The minimum Gasteiger partial charge on any atom is -0.391 e. The molecule has 0 spiro atoms. The van der Waals surface area contributed by atoms with Crippen LogP contribution in [0.4, 0.5) is 0 Å². The van der Waals surface area contributed by atoms with Crippen molar-refractivity contribution < 1.29 is 14.4 Å². The molecular weight excluding hydrogens is 252 g/mol. The third-order valence-electron chi connectivity index (χ3n) is 4.50. The van der Waals surface area contributed by atoms with Crippen LogP contribution in [0.3, 0.4) is 0 Å². The molecule has 0 fully saturated rings. The van der Waals surface area contributed by atoms with Crippen LogP contribution in [0.1, 0.15) is 52.9 Å². The fourth-order valence-corrected chi connectivity index (χ4v) is 2.56. The van der Waals surface area contributed by atoms with E-state index in [1.165, 1.54) is 12.8 Å². The second-order valence-corrected chi connectivity index (χ2v) is 5.77. The van der Waals surface area contributed by atoms with Crippen LogP contribution in [0.5, 0.6) is 0 Å². The molecule has 0 unspecified atom stereocenters. The summed E-state index contributed by atoms with van der Waals surface area (Å²) in [6.45, 7) is 11.2. The molecule has 4 nitrogen and oxygen atoms in total. The monoisotopic (exact) mass is 287 g/mol. The van der Waals surface area contributed by atoms with Gasteiger partial charge in [-0.25, -0.2) is 0 Å². The summed E-state index contributed by atoms with van der Waals surface area (Å²) in [5.74, 6) is 0.260. The fourth-order valence-electron chi connectivity index (χ4n) is 2.56. The second-order valence-electron chi connectivity index (χ2n) is 5.77. The molecule has 0 aromatic carbocycles. The summed E-state index contributed by atoms with van der Waals surface area (Å²) in [4.78, 5) is 13.9. The predicted molar refractivity (Wildman–Crippen MR) is 84.6 cm³/mol. The molecule has 0 rings (SSSR count). The summed E-state index contributed by atoms with van der Waals surface area (Å²) in [7, 11) is 1.90. The van der Waals surface area contributed by atoms with Crippen molar-refractivity contribution in [3.63, 3.8) is 0 Å². The van der Waals surface area contributed by atoms with E-state index in [0.717, 1.165) is 50.0 Å². The minimum atomic E-state index is 0.219. The van der Waals surface area contributed by atoms with Gasteiger partial charge >= 0.3 is 0 Å². The Labute approximate surface area is 125 Å². The normalized spacial score (nSPS) is 11.7. The number of aliphatic hydroxyl groups is 1. The largest absolute Gasteiger partial charge is 0.391 e. The van der Waals surface area contributed by atoms with Crippen LogP contribution in [0.15, 0.2) is 0 Å². The van der Waals surface area contributed by atoms with Crippen LogP contribution in [0, 0.1) is 0 Å². The van der Waals surface area contributed by atoms with Crippen molar-refractivity contribution in [3.8, 4) is 0 Å². The number of carbonyl (C=O) groups excluding carboxylic acids is 1. The van der Waals surface area contributed by atoms with E-state index in [4.69, 9.17) is 0 Å². The molecule has 0 bridgehead atoms. The number of amides is 1. The molecule has 4 heteroatoms. The first kappa shape index (κ1) is 19.4. The van der Waals surface area contributed by atoms with Crippen molar-refractivity contribution in [2.75, 3.05) is 46.4 Å². The van der Waals surface area contributed by atoms with Gasteiger partial charge in [-0.1, -0.05) is 26.2 Å². The van der Waals surface area contributed by atoms with E-state index in [0.29, 0.717) is 6.42 Å². The maximum absolute atomic E-state index is 12.0. The van der Waals surface area contributed by atoms with Crippen LogP contribution >= 0.6 is 0 Å². The highest BCUT2D eigenvalue weighted by molar-refractivity contribution is 5.75. The number of hydrogen-bond acceptors (Lipinski definition) is 2. The molecule has 0 aromatic rings. The fraction of sp³-hybridized carbons (Fsp3) is 0.938. The van der Waals surface area contributed by atoms with E-state index in [9.17, 15) is 9.90 Å². The van der Waals surface area contributed by atoms with E-state index < -0.39 is 0 Å². The summed E-state index contributed by atoms with van der Waals surface area (Å²) >= 11 is 0. The van der Waals surface area contributed by atoms with E-state index >= 15 is 0 Å². The molecule has 0 aromatic heterocycles. The van der Waals surface area contributed by atoms with Crippen molar-refractivity contribution in [2.24, 2.45) is 0 Å². The van der Waals surface area contributed by atoms with Gasteiger partial charge in [-0.2, -0.15) is 0 Å². The summed E-state index contributed by atoms with van der Waals surface area (Å²) in [5, 5.41) is 9.21. The standard InChI is InChI=1S/C16H35N2O2/c1-5-8-9-10-11-16(20)17(4)12-13-18(6-2,7-3)14-15-19/h19H,5-15H2,1-4H3/q+1. The average molecular weight is 287 g/mol. The molecule has 0 saturated heterocycles. The van der Waals surface area contributed by atoms with Crippen molar-refractivity contribution >= 4 is 5.91 Å². The van der Waals surface area contributed by atoms with Gasteiger partial charge in [-0.3, -0.25) is 4.79 Å². The van der Waals surface area contributed by atoms with E-state index in [2.05, 4.69) is 20.8 Å². The number of quaternary nitrogens is 1. The Morgan fingerprint density at radius 3 is 2.20 bits per heavy atom. The van der Waals surface area contributed by atoms with Gasteiger partial charge in [0, 0.05) is 13.5 Å². The summed E-state index contributed by atoms with van der Waals surface area (Å²) in [6, 6.07) is 0. The lowest BCUT2D eigenvalue weighted by Gasteiger charge is -2.37. The highest BCUT2D eigenvalue weighted by Crippen LogP contribution is 2.08. The van der Waals surface area contributed by atoms with E-state index in [1.807, 2.05) is 11.9 Å². The lowest BCUT2D eigenvalue weighted by molar-refractivity contribution is -0.924. The molecule has 0 aliphatic carbocycles. The minimum absolute atomic E-state index is 0.219. The zero-order valence-electron chi connectivity index (χ0n) is 14.0. The third kappa shape index (κ3) is 7.25. The molecule has 0 aliphatic heterocycles. The molecule has 0 radical (unpaired) electrons. The van der Waals surface area contributed by atoms with Crippen molar-refractivity contribution in [1.29, 1.82) is 0 Å². The van der Waals surface area contributed by atoms with Gasteiger partial charge in [0.05, 0.1) is 32.8 Å². The first-order valence-corrected chi connectivity index (χ1v) is 8.25. The van der Waals surface area contributed by atoms with Gasteiger partial charge in [-0.15, -0.1) is 0 Å². The topological polar surface area (TPSA) is 40.5 Å². The van der Waals surface area contributed by atoms with Crippen molar-refractivity contribution in [1.82, 2.24) is 4.90 Å². The first-order chi connectivity index (χ1) is 9.55. The lowest BCUT2D eigenvalue weighted by atomic mass is 10.1. The van der Waals surface area contributed by atoms with E-state index in [1.54, 1.807) is 0 Å². The maximum Gasteiger partial charge on any atom is 0.222 e. The van der Waals surface area contributed by atoms with Crippen LogP contribution in [0.25, 0.3) is 0 Å². The second kappa shape index (κ2) is 11.1. The SMILES string of the molecule is CCCCCCC(=O)N(C)CC[N+](CC)(CC)CCO. The molecule has 0 atom stereocenters. The molecule has 0 saturated carbocycles. The van der Waals surface area contributed by atoms with Gasteiger partial charge in [0.1, 0.15) is 6.54 Å². The number of unbranched alkanes of at least 4 members (excludes halogenated alkanes) is 3. The Kier molecular flexibility index (Phi) is 10.8. The molecule has 20 heavy (non-hydrogen) atoms. The van der Waals surface area contributed by atoms with Crippen molar-refractivity contribution in [2.45, 2.75) is 52.9 Å². The highest BCUT2D eigenvalue weighted by atomic mass is 16.3. The van der Waals surface area contributed by atoms with Gasteiger partial charge < -0.3 is 14.5 Å². The molecule has 0 aliphatic rings. The zero-order chi connectivity index (χ0) is 15.4. The van der Waals surface area contributed by atoms with Crippen LogP contribution in [-0.4, -0.2) is 66.8 Å². The van der Waals surface area contributed by atoms with Gasteiger partial charge in [0.15, 0.2) is 0 Å². The summed E-state index contributed by atoms with van der Waals surface area (Å²) < 4.78 is 0.893. The maximum atomic E-state index is 12.0. The highest BCUT2D eigenvalue weighted by Gasteiger charge is 2.23. The third-order valence-corrected chi connectivity index (χ3v) is 4.50. The molecular formula is C16H35N2O2+. The molecule has 120 valence electrons. The van der Waals surface area contributed by atoms with Gasteiger partial charge in [0.25, 0.3) is 0 Å². The first-order valence-electron chi connectivity index (χ1n) is 8.25. The Bertz CT molecular complexity index is 253. The Balaban J connectivity index is 4.10. The quantitative estimate of drug-likeness (QED) is 0.442.